The lowest BCUT2D eigenvalue weighted by molar-refractivity contribution is -0.137. The second-order valence-electron chi connectivity index (χ2n) is 5.16. The van der Waals surface area contributed by atoms with Crippen LogP contribution >= 0.6 is 0 Å². The lowest BCUT2D eigenvalue weighted by atomic mass is 10.1. The fraction of sp³-hybridized carbons (Fsp3) is 0.562. The Morgan fingerprint density at radius 2 is 2.15 bits per heavy atom. The van der Waals surface area contributed by atoms with Crippen LogP contribution in [0.4, 0.5) is 0 Å². The second kappa shape index (κ2) is 8.57. The zero-order chi connectivity index (χ0) is 15.0. The Labute approximate surface area is 119 Å². The average molecular weight is 278 g/mol. The van der Waals surface area contributed by atoms with Crippen LogP contribution in [0.2, 0.25) is 0 Å². The maximum atomic E-state index is 10.4. The summed E-state index contributed by atoms with van der Waals surface area (Å²) in [6, 6.07) is 0. The summed E-state index contributed by atoms with van der Waals surface area (Å²) in [5, 5.41) is 27.8. The summed E-state index contributed by atoms with van der Waals surface area (Å²) in [6.07, 6.45) is 13.7. The highest BCUT2D eigenvalue weighted by atomic mass is 16.4. The van der Waals surface area contributed by atoms with Gasteiger partial charge in [-0.25, -0.2) is 0 Å². The van der Waals surface area contributed by atoms with E-state index >= 15 is 0 Å². The molecule has 0 saturated heterocycles. The van der Waals surface area contributed by atoms with Gasteiger partial charge in [-0.3, -0.25) is 4.79 Å². The standard InChI is InChI=1S/C16H22O4/c1-2-6-13(17)8-4-3-7-12-11-14(12)15(18)9-5-10-16(19)20/h1,3-4,7-8,12-15,17-18H,5-6,9-11H2,(H,19,20)/b7-3+,8-4+/t12-,13-,14+,15+/m1/s1. The Hall–Kier alpha value is -1.57. The fourth-order valence-corrected chi connectivity index (χ4v) is 2.16. The predicted octanol–water partition coefficient (Wildman–Crippen LogP) is 1.73. The molecule has 0 spiro atoms. The summed E-state index contributed by atoms with van der Waals surface area (Å²) >= 11 is 0. The highest BCUT2D eigenvalue weighted by Crippen LogP contribution is 2.43. The maximum Gasteiger partial charge on any atom is 0.303 e. The molecule has 1 rings (SSSR count). The minimum absolute atomic E-state index is 0.111. The smallest absolute Gasteiger partial charge is 0.303 e. The van der Waals surface area contributed by atoms with E-state index in [1.54, 1.807) is 12.2 Å². The molecule has 20 heavy (non-hydrogen) atoms. The summed E-state index contributed by atoms with van der Waals surface area (Å²) < 4.78 is 0. The molecular weight excluding hydrogens is 256 g/mol. The second-order valence-corrected chi connectivity index (χ2v) is 5.16. The largest absolute Gasteiger partial charge is 0.481 e. The van der Waals surface area contributed by atoms with Gasteiger partial charge in [-0.2, -0.15) is 0 Å². The Morgan fingerprint density at radius 3 is 2.80 bits per heavy atom. The molecule has 0 radical (unpaired) electrons. The molecule has 0 bridgehead atoms. The number of carboxylic acid groups (broad SMARTS) is 1. The number of carbonyl (C=O) groups is 1. The molecule has 4 heteroatoms. The first-order valence-corrected chi connectivity index (χ1v) is 6.91. The van der Waals surface area contributed by atoms with Crippen LogP contribution in [0.1, 0.15) is 32.1 Å². The molecule has 1 aliphatic carbocycles. The topological polar surface area (TPSA) is 77.8 Å². The van der Waals surface area contributed by atoms with E-state index in [-0.39, 0.29) is 12.3 Å². The van der Waals surface area contributed by atoms with Gasteiger partial charge in [-0.15, -0.1) is 12.3 Å². The monoisotopic (exact) mass is 278 g/mol. The van der Waals surface area contributed by atoms with Crippen LogP contribution in [0.3, 0.4) is 0 Å². The molecule has 0 aromatic carbocycles. The Morgan fingerprint density at radius 1 is 1.40 bits per heavy atom. The molecule has 3 N–H and O–H groups in total. The van der Waals surface area contributed by atoms with Gasteiger partial charge in [0.15, 0.2) is 0 Å². The first-order valence-electron chi connectivity index (χ1n) is 6.91. The van der Waals surface area contributed by atoms with Gasteiger partial charge in [0.05, 0.1) is 12.2 Å². The first kappa shape index (κ1) is 16.5. The van der Waals surface area contributed by atoms with E-state index in [4.69, 9.17) is 11.5 Å². The van der Waals surface area contributed by atoms with Crippen molar-refractivity contribution >= 4 is 5.97 Å². The van der Waals surface area contributed by atoms with E-state index < -0.39 is 18.2 Å². The lowest BCUT2D eigenvalue weighted by Crippen LogP contribution is -2.11. The molecule has 1 saturated carbocycles. The molecule has 4 nitrogen and oxygen atoms in total. The van der Waals surface area contributed by atoms with Gasteiger partial charge in [0.2, 0.25) is 0 Å². The average Bonchev–Trinajstić information content (AvgIpc) is 3.14. The molecule has 0 heterocycles. The highest BCUT2D eigenvalue weighted by molar-refractivity contribution is 5.66. The Kier molecular flexibility index (Phi) is 7.06. The van der Waals surface area contributed by atoms with Crippen LogP contribution in [-0.2, 0) is 4.79 Å². The Balaban J connectivity index is 2.19. The van der Waals surface area contributed by atoms with Crippen LogP contribution < -0.4 is 0 Å². The van der Waals surface area contributed by atoms with Crippen molar-refractivity contribution in [3.05, 3.63) is 24.3 Å². The first-order chi connectivity index (χ1) is 9.54. The van der Waals surface area contributed by atoms with Crippen molar-refractivity contribution in [3.8, 4) is 12.3 Å². The van der Waals surface area contributed by atoms with E-state index in [1.807, 2.05) is 12.2 Å². The van der Waals surface area contributed by atoms with Crippen molar-refractivity contribution in [2.24, 2.45) is 11.8 Å². The minimum atomic E-state index is -0.819. The molecule has 0 aromatic rings. The van der Waals surface area contributed by atoms with Crippen LogP contribution in [0.25, 0.3) is 0 Å². The van der Waals surface area contributed by atoms with E-state index in [9.17, 15) is 15.0 Å². The van der Waals surface area contributed by atoms with Crippen LogP contribution in [0, 0.1) is 24.2 Å². The van der Waals surface area contributed by atoms with Crippen LogP contribution in [0.15, 0.2) is 24.3 Å². The van der Waals surface area contributed by atoms with E-state index in [2.05, 4.69) is 5.92 Å². The summed E-state index contributed by atoms with van der Waals surface area (Å²) in [7, 11) is 0. The van der Waals surface area contributed by atoms with Crippen molar-refractivity contribution < 1.29 is 20.1 Å². The molecular formula is C16H22O4. The van der Waals surface area contributed by atoms with Crippen molar-refractivity contribution in [3.63, 3.8) is 0 Å². The number of aliphatic hydroxyl groups excluding tert-OH is 2. The maximum absolute atomic E-state index is 10.4. The number of terminal acetylenes is 1. The summed E-state index contributed by atoms with van der Waals surface area (Å²) in [5.41, 5.74) is 0. The normalized spacial score (nSPS) is 24.6. The number of aliphatic hydroxyl groups is 2. The number of hydrogen-bond acceptors (Lipinski definition) is 3. The third-order valence-corrected chi connectivity index (χ3v) is 3.41. The summed E-state index contributed by atoms with van der Waals surface area (Å²) in [6.45, 7) is 0. The van der Waals surface area contributed by atoms with Gasteiger partial charge in [0.1, 0.15) is 0 Å². The zero-order valence-corrected chi connectivity index (χ0v) is 11.5. The zero-order valence-electron chi connectivity index (χ0n) is 11.5. The van der Waals surface area contributed by atoms with Gasteiger partial charge < -0.3 is 15.3 Å². The van der Waals surface area contributed by atoms with Crippen molar-refractivity contribution in [2.45, 2.75) is 44.3 Å². The number of hydrogen-bond donors (Lipinski definition) is 3. The molecule has 4 atom stereocenters. The fourth-order valence-electron chi connectivity index (χ4n) is 2.16. The molecule has 110 valence electrons. The van der Waals surface area contributed by atoms with Crippen molar-refractivity contribution in [1.29, 1.82) is 0 Å². The van der Waals surface area contributed by atoms with Crippen molar-refractivity contribution in [2.75, 3.05) is 0 Å². The van der Waals surface area contributed by atoms with Crippen molar-refractivity contribution in [1.82, 2.24) is 0 Å². The molecule has 1 aliphatic rings. The Bertz CT molecular complexity index is 405. The third-order valence-electron chi connectivity index (χ3n) is 3.41. The number of aliphatic carboxylic acids is 1. The minimum Gasteiger partial charge on any atom is -0.481 e. The van der Waals surface area contributed by atoms with E-state index in [1.165, 1.54) is 0 Å². The van der Waals surface area contributed by atoms with Gasteiger partial charge >= 0.3 is 5.97 Å². The summed E-state index contributed by atoms with van der Waals surface area (Å²) in [4.78, 5) is 10.4. The van der Waals surface area contributed by atoms with Crippen LogP contribution in [0.5, 0.6) is 0 Å². The van der Waals surface area contributed by atoms with E-state index in [0.29, 0.717) is 25.2 Å². The molecule has 0 aliphatic heterocycles. The predicted molar refractivity (Wildman–Crippen MR) is 76.8 cm³/mol. The molecule has 0 unspecified atom stereocenters. The number of rotatable bonds is 9. The lowest BCUT2D eigenvalue weighted by Gasteiger charge is -2.07. The SMILES string of the molecule is C#CC[C@@H](O)/C=C/C=C/[C@@H]1C[C@@H]1[C@@H](O)CCCC(=O)O. The molecule has 0 amide bonds. The number of allylic oxidation sites excluding steroid dienone is 3. The van der Waals surface area contributed by atoms with Crippen LogP contribution in [-0.4, -0.2) is 33.5 Å². The quantitative estimate of drug-likeness (QED) is 0.443. The van der Waals surface area contributed by atoms with Gasteiger partial charge in [0, 0.05) is 12.8 Å². The highest BCUT2D eigenvalue weighted by Gasteiger charge is 2.39. The van der Waals surface area contributed by atoms with Gasteiger partial charge in [-0.1, -0.05) is 24.3 Å². The number of carboxylic acids is 1. The third kappa shape index (κ3) is 6.55. The van der Waals surface area contributed by atoms with Gasteiger partial charge in [0.25, 0.3) is 0 Å². The molecule has 0 aromatic heterocycles. The summed E-state index contributed by atoms with van der Waals surface area (Å²) in [5.74, 6) is 2.15. The van der Waals surface area contributed by atoms with Gasteiger partial charge in [-0.05, 0) is 31.1 Å². The van der Waals surface area contributed by atoms with E-state index in [0.717, 1.165) is 6.42 Å². The molecule has 1 fully saturated rings.